The minimum atomic E-state index is -0.312. The van der Waals surface area contributed by atoms with Crippen molar-refractivity contribution < 1.29 is 9.84 Å². The van der Waals surface area contributed by atoms with Gasteiger partial charge in [-0.2, -0.15) is 0 Å². The summed E-state index contributed by atoms with van der Waals surface area (Å²) < 4.78 is 5.44. The molecule has 84 valence electrons. The van der Waals surface area contributed by atoms with Crippen molar-refractivity contribution in [2.24, 2.45) is 17.1 Å². The second-order valence-corrected chi connectivity index (χ2v) is 4.87. The molecular formula is C11H23NO2. The molecule has 2 atom stereocenters. The summed E-state index contributed by atoms with van der Waals surface area (Å²) in [4.78, 5) is 0. The normalized spacial score (nSPS) is 30.6. The molecule has 1 aliphatic heterocycles. The summed E-state index contributed by atoms with van der Waals surface area (Å²) >= 11 is 0. The highest BCUT2D eigenvalue weighted by Crippen LogP contribution is 2.33. The molecule has 1 aliphatic rings. The lowest BCUT2D eigenvalue weighted by atomic mass is 9.75. The van der Waals surface area contributed by atoms with Crippen LogP contribution >= 0.6 is 0 Å². The van der Waals surface area contributed by atoms with E-state index in [-0.39, 0.29) is 11.5 Å². The van der Waals surface area contributed by atoms with Gasteiger partial charge in [-0.25, -0.2) is 0 Å². The lowest BCUT2D eigenvalue weighted by Crippen LogP contribution is -2.48. The van der Waals surface area contributed by atoms with Crippen LogP contribution in [0, 0.1) is 11.3 Å². The Balaban J connectivity index is 2.57. The SMILES string of the molecule is CC(C)CC(O)C1(CN)CCCOC1. The number of ether oxygens (including phenoxy) is 1. The Morgan fingerprint density at radius 3 is 2.64 bits per heavy atom. The highest BCUT2D eigenvalue weighted by Gasteiger charge is 2.38. The molecule has 0 bridgehead atoms. The Morgan fingerprint density at radius 2 is 2.21 bits per heavy atom. The Labute approximate surface area is 86.6 Å². The van der Waals surface area contributed by atoms with Gasteiger partial charge in [-0.3, -0.25) is 0 Å². The maximum Gasteiger partial charge on any atom is 0.0633 e. The van der Waals surface area contributed by atoms with Gasteiger partial charge in [0, 0.05) is 18.6 Å². The summed E-state index contributed by atoms with van der Waals surface area (Å²) in [6, 6.07) is 0. The third-order valence-electron chi connectivity index (χ3n) is 3.16. The number of aliphatic hydroxyl groups excluding tert-OH is 1. The van der Waals surface area contributed by atoms with E-state index in [4.69, 9.17) is 10.5 Å². The van der Waals surface area contributed by atoms with Crippen LogP contribution in [0.15, 0.2) is 0 Å². The van der Waals surface area contributed by atoms with Crippen molar-refractivity contribution in [3.63, 3.8) is 0 Å². The zero-order valence-corrected chi connectivity index (χ0v) is 9.33. The predicted molar refractivity (Wildman–Crippen MR) is 57.0 cm³/mol. The maximum atomic E-state index is 10.1. The van der Waals surface area contributed by atoms with Gasteiger partial charge >= 0.3 is 0 Å². The molecule has 0 radical (unpaired) electrons. The fraction of sp³-hybridized carbons (Fsp3) is 1.00. The lowest BCUT2D eigenvalue weighted by Gasteiger charge is -2.40. The molecule has 2 unspecified atom stereocenters. The molecule has 3 N–H and O–H groups in total. The zero-order chi connectivity index (χ0) is 10.6. The molecule has 1 heterocycles. The van der Waals surface area contributed by atoms with Crippen molar-refractivity contribution in [3.8, 4) is 0 Å². The molecule has 0 aromatic heterocycles. The summed E-state index contributed by atoms with van der Waals surface area (Å²) in [5.74, 6) is 0.510. The van der Waals surface area contributed by atoms with Gasteiger partial charge in [0.2, 0.25) is 0 Å². The van der Waals surface area contributed by atoms with Crippen molar-refractivity contribution in [3.05, 3.63) is 0 Å². The summed E-state index contributed by atoms with van der Waals surface area (Å²) in [6.45, 7) is 6.21. The smallest absolute Gasteiger partial charge is 0.0633 e. The van der Waals surface area contributed by atoms with Crippen LogP contribution in [0.5, 0.6) is 0 Å². The van der Waals surface area contributed by atoms with Crippen LogP contribution in [0.4, 0.5) is 0 Å². The molecule has 14 heavy (non-hydrogen) atoms. The molecule has 1 saturated heterocycles. The molecule has 0 saturated carbocycles. The fourth-order valence-corrected chi connectivity index (χ4v) is 2.13. The van der Waals surface area contributed by atoms with E-state index in [2.05, 4.69) is 13.8 Å². The number of aliphatic hydroxyl groups is 1. The van der Waals surface area contributed by atoms with E-state index < -0.39 is 0 Å². The topological polar surface area (TPSA) is 55.5 Å². The minimum absolute atomic E-state index is 0.178. The van der Waals surface area contributed by atoms with Crippen LogP contribution in [0.3, 0.4) is 0 Å². The van der Waals surface area contributed by atoms with Gasteiger partial charge < -0.3 is 15.6 Å². The van der Waals surface area contributed by atoms with Crippen LogP contribution in [0.2, 0.25) is 0 Å². The van der Waals surface area contributed by atoms with Crippen LogP contribution in [-0.2, 0) is 4.74 Å². The first-order valence-corrected chi connectivity index (χ1v) is 5.56. The van der Waals surface area contributed by atoms with E-state index in [0.29, 0.717) is 19.1 Å². The number of hydrogen-bond acceptors (Lipinski definition) is 3. The molecule has 0 spiro atoms. The third-order valence-corrected chi connectivity index (χ3v) is 3.16. The zero-order valence-electron chi connectivity index (χ0n) is 9.33. The Hall–Kier alpha value is -0.120. The van der Waals surface area contributed by atoms with Gasteiger partial charge in [-0.1, -0.05) is 13.8 Å². The summed E-state index contributed by atoms with van der Waals surface area (Å²) in [6.07, 6.45) is 2.53. The highest BCUT2D eigenvalue weighted by molar-refractivity contribution is 4.89. The fourth-order valence-electron chi connectivity index (χ4n) is 2.13. The first-order valence-electron chi connectivity index (χ1n) is 5.56. The predicted octanol–water partition coefficient (Wildman–Crippen LogP) is 1.15. The maximum absolute atomic E-state index is 10.1. The van der Waals surface area contributed by atoms with Crippen LogP contribution in [-0.4, -0.2) is 31.0 Å². The minimum Gasteiger partial charge on any atom is -0.392 e. The number of rotatable bonds is 4. The molecule has 1 rings (SSSR count). The molecule has 3 nitrogen and oxygen atoms in total. The van der Waals surface area contributed by atoms with Gasteiger partial charge in [0.1, 0.15) is 0 Å². The van der Waals surface area contributed by atoms with Crippen LogP contribution in [0.1, 0.15) is 33.1 Å². The number of hydrogen-bond donors (Lipinski definition) is 2. The van der Waals surface area contributed by atoms with Crippen molar-refractivity contribution in [2.75, 3.05) is 19.8 Å². The summed E-state index contributed by atoms with van der Waals surface area (Å²) in [5, 5.41) is 10.1. The van der Waals surface area contributed by atoms with Gasteiger partial charge in [-0.05, 0) is 25.2 Å². The van der Waals surface area contributed by atoms with E-state index in [1.54, 1.807) is 0 Å². The van der Waals surface area contributed by atoms with E-state index in [9.17, 15) is 5.11 Å². The number of nitrogens with two attached hydrogens (primary N) is 1. The summed E-state index contributed by atoms with van der Waals surface area (Å²) in [7, 11) is 0. The largest absolute Gasteiger partial charge is 0.392 e. The van der Waals surface area contributed by atoms with Crippen molar-refractivity contribution in [1.29, 1.82) is 0 Å². The van der Waals surface area contributed by atoms with Crippen molar-refractivity contribution >= 4 is 0 Å². The summed E-state index contributed by atoms with van der Waals surface area (Å²) in [5.41, 5.74) is 5.60. The van der Waals surface area contributed by atoms with Crippen molar-refractivity contribution in [2.45, 2.75) is 39.2 Å². The van der Waals surface area contributed by atoms with E-state index in [1.807, 2.05) is 0 Å². The van der Waals surface area contributed by atoms with Crippen LogP contribution < -0.4 is 5.73 Å². The lowest BCUT2D eigenvalue weighted by molar-refractivity contribution is -0.0823. The molecule has 0 amide bonds. The van der Waals surface area contributed by atoms with Gasteiger partial charge in [0.25, 0.3) is 0 Å². The Bertz CT molecular complexity index is 165. The Kier molecular flexibility index (Phi) is 4.35. The monoisotopic (exact) mass is 201 g/mol. The van der Waals surface area contributed by atoms with Gasteiger partial charge in [-0.15, -0.1) is 0 Å². The Morgan fingerprint density at radius 1 is 1.50 bits per heavy atom. The molecular weight excluding hydrogens is 178 g/mol. The van der Waals surface area contributed by atoms with E-state index in [0.717, 1.165) is 25.9 Å². The van der Waals surface area contributed by atoms with Crippen LogP contribution in [0.25, 0.3) is 0 Å². The average molecular weight is 201 g/mol. The highest BCUT2D eigenvalue weighted by atomic mass is 16.5. The first-order chi connectivity index (χ1) is 6.60. The molecule has 1 fully saturated rings. The van der Waals surface area contributed by atoms with Gasteiger partial charge in [0.05, 0.1) is 12.7 Å². The molecule has 3 heteroatoms. The second kappa shape index (κ2) is 5.10. The first kappa shape index (κ1) is 12.0. The average Bonchev–Trinajstić information content (AvgIpc) is 2.18. The van der Waals surface area contributed by atoms with E-state index >= 15 is 0 Å². The van der Waals surface area contributed by atoms with Crippen molar-refractivity contribution in [1.82, 2.24) is 0 Å². The second-order valence-electron chi connectivity index (χ2n) is 4.87. The standard InChI is InChI=1S/C11H23NO2/c1-9(2)6-10(13)11(7-12)4-3-5-14-8-11/h9-10,13H,3-8,12H2,1-2H3. The van der Waals surface area contributed by atoms with E-state index in [1.165, 1.54) is 0 Å². The third kappa shape index (κ3) is 2.69. The molecule has 0 aromatic rings. The van der Waals surface area contributed by atoms with Gasteiger partial charge in [0.15, 0.2) is 0 Å². The molecule has 0 aliphatic carbocycles. The molecule has 0 aromatic carbocycles. The quantitative estimate of drug-likeness (QED) is 0.717.